The van der Waals surface area contributed by atoms with Crippen LogP contribution in [0.1, 0.15) is 50.7 Å². The number of nitrogens with zero attached hydrogens (tertiary/aromatic N) is 3. The molecule has 0 bridgehead atoms. The van der Waals surface area contributed by atoms with E-state index in [0.717, 1.165) is 39.6 Å². The van der Waals surface area contributed by atoms with E-state index in [-0.39, 0.29) is 17.6 Å². The van der Waals surface area contributed by atoms with Crippen LogP contribution in [0.2, 0.25) is 0 Å². The number of hydrogen-bond donors (Lipinski definition) is 2. The van der Waals surface area contributed by atoms with Gasteiger partial charge in [0.2, 0.25) is 0 Å². The van der Waals surface area contributed by atoms with Gasteiger partial charge in [-0.1, -0.05) is 12.1 Å². The first kappa shape index (κ1) is 26.2. The van der Waals surface area contributed by atoms with Crippen molar-refractivity contribution in [2.75, 3.05) is 19.1 Å². The van der Waals surface area contributed by atoms with Gasteiger partial charge in [0.15, 0.2) is 5.11 Å². The van der Waals surface area contributed by atoms with Crippen LogP contribution < -0.4 is 19.7 Å². The van der Waals surface area contributed by atoms with E-state index < -0.39 is 5.97 Å². The van der Waals surface area contributed by atoms with Gasteiger partial charge in [0, 0.05) is 29.3 Å². The highest BCUT2D eigenvalue weighted by atomic mass is 32.1. The number of thiocarbonyl (C=S) groups is 1. The Morgan fingerprint density at radius 3 is 2.46 bits per heavy atom. The molecule has 0 aliphatic carbocycles. The number of carbonyl (C=O) groups is 1. The summed E-state index contributed by atoms with van der Waals surface area (Å²) in [4.78, 5) is 18.5. The fourth-order valence-electron chi connectivity index (χ4n) is 5.36. The number of carboxylic acid groups (broad SMARTS) is 1. The average Bonchev–Trinajstić information content (AvgIpc) is 3.43. The second-order valence-electron chi connectivity index (χ2n) is 9.50. The van der Waals surface area contributed by atoms with Gasteiger partial charge >= 0.3 is 5.97 Å². The summed E-state index contributed by atoms with van der Waals surface area (Å²) in [5, 5.41) is 13.7. The largest absolute Gasteiger partial charge is 0.497 e. The average molecular weight is 543 g/mol. The zero-order chi connectivity index (χ0) is 27.8. The third kappa shape index (κ3) is 4.59. The van der Waals surface area contributed by atoms with Crippen LogP contribution in [0.25, 0.3) is 5.69 Å². The summed E-state index contributed by atoms with van der Waals surface area (Å²) in [6.45, 7) is 6.06. The standard InChI is InChI=1S/C30H30N4O4S/c1-17-9-10-20(29(35)36)15-25(17)33-18(2)14-22(19(33)3)28-27(23-8-6-7-13-31-23)32-30(39)34(28)24-12-11-21(37-4)16-26(24)38-5/h6-16,27-28H,1-5H3,(H,32,39)(H,35,36)/t27-,28+/m0/s1. The van der Waals surface area contributed by atoms with Crippen LogP contribution in [0.5, 0.6) is 11.5 Å². The number of ether oxygens (including phenoxy) is 2. The van der Waals surface area contributed by atoms with Crippen molar-refractivity contribution in [2.24, 2.45) is 0 Å². The Labute approximate surface area is 232 Å². The van der Waals surface area contributed by atoms with E-state index in [1.165, 1.54) is 0 Å². The second-order valence-corrected chi connectivity index (χ2v) is 9.89. The summed E-state index contributed by atoms with van der Waals surface area (Å²) in [5.41, 5.74) is 6.69. The number of rotatable bonds is 7. The Morgan fingerprint density at radius 1 is 1.00 bits per heavy atom. The first-order chi connectivity index (χ1) is 18.7. The number of pyridine rings is 1. The van der Waals surface area contributed by atoms with E-state index in [4.69, 9.17) is 21.7 Å². The van der Waals surface area contributed by atoms with E-state index in [1.54, 1.807) is 32.5 Å². The highest BCUT2D eigenvalue weighted by Crippen LogP contribution is 2.47. The van der Waals surface area contributed by atoms with Gasteiger partial charge < -0.3 is 29.4 Å². The molecule has 8 nitrogen and oxygen atoms in total. The van der Waals surface area contributed by atoms with E-state index in [9.17, 15) is 9.90 Å². The molecule has 2 aromatic carbocycles. The molecule has 0 unspecified atom stereocenters. The van der Waals surface area contributed by atoms with Crippen LogP contribution in [-0.4, -0.2) is 40.0 Å². The highest BCUT2D eigenvalue weighted by Gasteiger charge is 2.43. The predicted molar refractivity (Wildman–Crippen MR) is 154 cm³/mol. The molecule has 0 saturated carbocycles. The minimum Gasteiger partial charge on any atom is -0.497 e. The van der Waals surface area contributed by atoms with Gasteiger partial charge in [-0.25, -0.2) is 4.79 Å². The Kier molecular flexibility index (Phi) is 7.01. The highest BCUT2D eigenvalue weighted by molar-refractivity contribution is 7.80. The molecule has 0 radical (unpaired) electrons. The van der Waals surface area contributed by atoms with Crippen molar-refractivity contribution in [2.45, 2.75) is 32.9 Å². The summed E-state index contributed by atoms with van der Waals surface area (Å²) < 4.78 is 13.3. The maximum absolute atomic E-state index is 11.8. The maximum atomic E-state index is 11.8. The maximum Gasteiger partial charge on any atom is 0.335 e. The minimum absolute atomic E-state index is 0.240. The first-order valence-electron chi connectivity index (χ1n) is 12.5. The van der Waals surface area contributed by atoms with Crippen LogP contribution in [0.3, 0.4) is 0 Å². The van der Waals surface area contributed by atoms with E-state index in [0.29, 0.717) is 16.6 Å². The molecule has 5 rings (SSSR count). The first-order valence-corrected chi connectivity index (χ1v) is 12.9. The number of aromatic nitrogens is 2. The molecule has 1 saturated heterocycles. The number of aromatic carboxylic acids is 1. The van der Waals surface area contributed by atoms with Crippen molar-refractivity contribution >= 4 is 29.0 Å². The molecule has 1 aliphatic rings. The van der Waals surface area contributed by atoms with Crippen LogP contribution in [0.15, 0.2) is 66.9 Å². The lowest BCUT2D eigenvalue weighted by molar-refractivity contribution is 0.0697. The summed E-state index contributed by atoms with van der Waals surface area (Å²) in [5.74, 6) is 0.347. The molecule has 2 atom stereocenters. The number of aryl methyl sites for hydroxylation is 2. The van der Waals surface area contributed by atoms with Crippen LogP contribution >= 0.6 is 12.2 Å². The molecular weight excluding hydrogens is 512 g/mol. The topological polar surface area (TPSA) is 88.9 Å². The zero-order valence-corrected chi connectivity index (χ0v) is 23.2. The molecule has 4 aromatic rings. The molecule has 0 spiro atoms. The number of anilines is 1. The summed E-state index contributed by atoms with van der Waals surface area (Å²) in [7, 11) is 3.24. The van der Waals surface area contributed by atoms with Crippen LogP contribution in [0.4, 0.5) is 5.69 Å². The van der Waals surface area contributed by atoms with Crippen molar-refractivity contribution in [1.82, 2.24) is 14.9 Å². The van der Waals surface area contributed by atoms with Gasteiger partial charge in [-0.05, 0) is 86.6 Å². The second kappa shape index (κ2) is 10.4. The lowest BCUT2D eigenvalue weighted by atomic mass is 9.96. The molecule has 39 heavy (non-hydrogen) atoms. The summed E-state index contributed by atoms with van der Waals surface area (Å²) in [6.07, 6.45) is 1.78. The SMILES string of the molecule is COc1ccc(N2C(=S)N[C@@H](c3ccccn3)[C@H]2c2cc(C)n(-c3cc(C(=O)O)ccc3C)c2C)c(OC)c1. The van der Waals surface area contributed by atoms with Crippen molar-refractivity contribution in [1.29, 1.82) is 0 Å². The number of methoxy groups -OCH3 is 2. The third-order valence-electron chi connectivity index (χ3n) is 7.23. The van der Waals surface area contributed by atoms with Gasteiger partial charge in [-0.2, -0.15) is 0 Å². The molecule has 3 heterocycles. The monoisotopic (exact) mass is 542 g/mol. The number of hydrogen-bond acceptors (Lipinski definition) is 5. The number of nitrogens with one attached hydrogen (secondary N) is 1. The number of carboxylic acids is 1. The molecule has 2 N–H and O–H groups in total. The van der Waals surface area contributed by atoms with Crippen molar-refractivity contribution in [3.05, 3.63) is 101 Å². The lowest BCUT2D eigenvalue weighted by Gasteiger charge is -2.29. The van der Waals surface area contributed by atoms with Crippen LogP contribution in [-0.2, 0) is 0 Å². The van der Waals surface area contributed by atoms with Gasteiger partial charge in [-0.15, -0.1) is 0 Å². The summed E-state index contributed by atoms with van der Waals surface area (Å²) >= 11 is 5.92. The lowest BCUT2D eigenvalue weighted by Crippen LogP contribution is -2.30. The van der Waals surface area contributed by atoms with Crippen molar-refractivity contribution in [3.8, 4) is 17.2 Å². The quantitative estimate of drug-likeness (QED) is 0.288. The van der Waals surface area contributed by atoms with Gasteiger partial charge in [-0.3, -0.25) is 4.98 Å². The minimum atomic E-state index is -0.961. The third-order valence-corrected chi connectivity index (χ3v) is 7.54. The Bertz CT molecular complexity index is 1570. The van der Waals surface area contributed by atoms with Crippen LogP contribution in [0, 0.1) is 20.8 Å². The Morgan fingerprint density at radius 2 is 1.79 bits per heavy atom. The smallest absolute Gasteiger partial charge is 0.335 e. The summed E-state index contributed by atoms with van der Waals surface area (Å²) in [6, 6.07) is 18.3. The fourth-order valence-corrected chi connectivity index (χ4v) is 5.69. The molecule has 200 valence electrons. The number of benzene rings is 2. The van der Waals surface area contributed by atoms with Gasteiger partial charge in [0.05, 0.1) is 43.2 Å². The molecule has 9 heteroatoms. The van der Waals surface area contributed by atoms with Gasteiger partial charge in [0.1, 0.15) is 11.5 Å². The molecular formula is C30H30N4O4S. The van der Waals surface area contributed by atoms with Crippen molar-refractivity contribution < 1.29 is 19.4 Å². The van der Waals surface area contributed by atoms with E-state index >= 15 is 0 Å². The van der Waals surface area contributed by atoms with E-state index in [2.05, 4.69) is 32.8 Å². The molecule has 1 fully saturated rings. The molecule has 2 aromatic heterocycles. The van der Waals surface area contributed by atoms with Gasteiger partial charge in [0.25, 0.3) is 0 Å². The predicted octanol–water partition coefficient (Wildman–Crippen LogP) is 5.69. The molecule has 1 aliphatic heterocycles. The molecule has 0 amide bonds. The van der Waals surface area contributed by atoms with E-state index in [1.807, 2.05) is 56.3 Å². The fraction of sp³-hybridized carbons (Fsp3) is 0.233. The normalized spacial score (nSPS) is 16.7. The Hall–Kier alpha value is -4.37. The Balaban J connectivity index is 1.72. The zero-order valence-electron chi connectivity index (χ0n) is 22.4. The van der Waals surface area contributed by atoms with Crippen molar-refractivity contribution in [3.63, 3.8) is 0 Å².